The van der Waals surface area contributed by atoms with Gasteiger partial charge in [0.15, 0.2) is 12.5 Å². The van der Waals surface area contributed by atoms with Gasteiger partial charge in [-0.1, -0.05) is 6.07 Å². The number of anilines is 2. The second kappa shape index (κ2) is 10.9. The number of aliphatic hydroxyl groups excluding tert-OH is 8. The first-order chi connectivity index (χ1) is 18.2. The average Bonchev–Trinajstić information content (AvgIpc) is 3.62. The molecule has 4 aliphatic rings. The third kappa shape index (κ3) is 4.82. The lowest BCUT2D eigenvalue weighted by atomic mass is 9.98. The van der Waals surface area contributed by atoms with Crippen molar-refractivity contribution in [1.29, 1.82) is 0 Å². The van der Waals surface area contributed by atoms with Crippen LogP contribution in [0.4, 0.5) is 11.6 Å². The minimum atomic E-state index is -1.48. The Morgan fingerprint density at radius 2 is 1.05 bits per heavy atom. The highest BCUT2D eigenvalue weighted by Crippen LogP contribution is 2.30. The molecule has 0 amide bonds. The first-order valence-electron chi connectivity index (χ1n) is 12.2. The Bertz CT molecular complexity index is 955. The highest BCUT2D eigenvalue weighted by molar-refractivity contribution is 5.53. The number of hydrogen-bond acceptors (Lipinski definition) is 15. The topological polar surface area (TPSA) is 206 Å². The molecule has 0 radical (unpaired) electrons. The molecule has 1 aromatic heterocycles. The van der Waals surface area contributed by atoms with E-state index in [4.69, 9.17) is 9.47 Å². The Morgan fingerprint density at radius 1 is 0.632 bits per heavy atom. The van der Waals surface area contributed by atoms with Crippen LogP contribution in [-0.4, -0.2) is 143 Å². The molecule has 0 unspecified atom stereocenters. The third-order valence-corrected chi connectivity index (χ3v) is 7.20. The average molecular weight is 540 g/mol. The summed E-state index contributed by atoms with van der Waals surface area (Å²) in [6, 6.07) is 5.35. The van der Waals surface area contributed by atoms with Gasteiger partial charge in [-0.2, -0.15) is 0 Å². The number of nitrogens with zero attached hydrogens (tertiary/aromatic N) is 5. The Kier molecular flexibility index (Phi) is 7.74. The van der Waals surface area contributed by atoms with Crippen molar-refractivity contribution in [1.82, 2.24) is 14.8 Å². The summed E-state index contributed by atoms with van der Waals surface area (Å²) in [6.07, 6.45) is -5.95. The molecule has 2 saturated heterocycles. The summed E-state index contributed by atoms with van der Waals surface area (Å²) in [4.78, 5) is 11.5. The molecule has 210 valence electrons. The van der Waals surface area contributed by atoms with Crippen LogP contribution >= 0.6 is 0 Å². The van der Waals surface area contributed by atoms with Crippen LogP contribution in [0.15, 0.2) is 43.0 Å². The van der Waals surface area contributed by atoms with Crippen molar-refractivity contribution in [2.45, 2.75) is 61.3 Å². The van der Waals surface area contributed by atoms with Crippen LogP contribution in [0.2, 0.25) is 0 Å². The van der Waals surface area contributed by atoms with E-state index in [0.717, 1.165) is 0 Å². The zero-order valence-electron chi connectivity index (χ0n) is 20.3. The molecule has 15 heteroatoms. The van der Waals surface area contributed by atoms with E-state index >= 15 is 0 Å². The van der Waals surface area contributed by atoms with Gasteiger partial charge in [-0.25, -0.2) is 4.98 Å². The van der Waals surface area contributed by atoms with Gasteiger partial charge in [-0.3, -0.25) is 0 Å². The summed E-state index contributed by atoms with van der Waals surface area (Å²) < 4.78 is 11.2. The SMILES string of the molecule is OC[C@H]1O[C@@H](N2C=CN(c3cccc(N4C=CN([C@@H]5O[C@H](CO)[C@@H](O)[C@H](O)[C@H]5O)C4)n3)C2)[C@H](O)[C@@H](O)[C@@H]1O. The normalized spacial score (nSPS) is 39.5. The molecular weight excluding hydrogens is 506 g/mol. The number of aromatic nitrogens is 1. The zero-order chi connectivity index (χ0) is 27.1. The van der Waals surface area contributed by atoms with E-state index in [0.29, 0.717) is 11.6 Å². The lowest BCUT2D eigenvalue weighted by Gasteiger charge is -2.43. The van der Waals surface area contributed by atoms with Gasteiger partial charge in [-0.05, 0) is 12.1 Å². The minimum Gasteiger partial charge on any atom is -0.394 e. The van der Waals surface area contributed by atoms with Crippen molar-refractivity contribution >= 4 is 11.6 Å². The lowest BCUT2D eigenvalue weighted by molar-refractivity contribution is -0.257. The number of hydrogen-bond donors (Lipinski definition) is 8. The second-order valence-corrected chi connectivity index (χ2v) is 9.64. The standard InChI is InChI=1S/C23H33N5O10/c29-8-12-16(31)18(33)20(35)22(37-12)27-6-4-25(10-27)14-2-1-3-15(24-14)26-5-7-28(11-26)23-21(36)19(34)17(32)13(9-30)38-23/h1-7,12-13,16-23,29-36H,8-11H2/t12-,13-,16-,17-,18+,19+,20-,21-,22-,23-/m1/s1. The van der Waals surface area contributed by atoms with Gasteiger partial charge in [-0.15, -0.1) is 0 Å². The van der Waals surface area contributed by atoms with Gasteiger partial charge in [0.05, 0.1) is 26.6 Å². The van der Waals surface area contributed by atoms with Crippen molar-refractivity contribution in [3.8, 4) is 0 Å². The summed E-state index contributed by atoms with van der Waals surface area (Å²) in [5.41, 5.74) is 0. The molecule has 8 N–H and O–H groups in total. The molecule has 38 heavy (non-hydrogen) atoms. The number of ether oxygens (including phenoxy) is 2. The summed E-state index contributed by atoms with van der Waals surface area (Å²) in [5, 5.41) is 80.0. The second-order valence-electron chi connectivity index (χ2n) is 9.64. The Morgan fingerprint density at radius 3 is 1.45 bits per heavy atom. The molecule has 5 heterocycles. The highest BCUT2D eigenvalue weighted by Gasteiger charge is 2.47. The van der Waals surface area contributed by atoms with Crippen LogP contribution in [0, 0.1) is 0 Å². The monoisotopic (exact) mass is 539 g/mol. The third-order valence-electron chi connectivity index (χ3n) is 7.20. The zero-order valence-corrected chi connectivity index (χ0v) is 20.3. The Labute approximate surface area is 217 Å². The molecule has 1 aromatic rings. The van der Waals surface area contributed by atoms with Crippen LogP contribution in [0.1, 0.15) is 0 Å². The van der Waals surface area contributed by atoms with E-state index in [1.807, 2.05) is 0 Å². The van der Waals surface area contributed by atoms with E-state index in [1.165, 1.54) is 0 Å². The smallest absolute Gasteiger partial charge is 0.160 e. The number of aliphatic hydroxyl groups is 8. The molecule has 0 aliphatic carbocycles. The van der Waals surface area contributed by atoms with Crippen molar-refractivity contribution in [2.75, 3.05) is 36.4 Å². The predicted molar refractivity (Wildman–Crippen MR) is 128 cm³/mol. The van der Waals surface area contributed by atoms with Crippen molar-refractivity contribution in [2.24, 2.45) is 0 Å². The number of pyridine rings is 1. The fourth-order valence-electron chi connectivity index (χ4n) is 4.95. The van der Waals surface area contributed by atoms with E-state index < -0.39 is 74.5 Å². The van der Waals surface area contributed by atoms with Gasteiger partial charge < -0.3 is 69.9 Å². The van der Waals surface area contributed by atoms with E-state index in [2.05, 4.69) is 4.98 Å². The highest BCUT2D eigenvalue weighted by atomic mass is 16.6. The van der Waals surface area contributed by atoms with Gasteiger partial charge in [0, 0.05) is 24.8 Å². The molecule has 15 nitrogen and oxygen atoms in total. The van der Waals surface area contributed by atoms with Crippen LogP contribution in [-0.2, 0) is 9.47 Å². The minimum absolute atomic E-state index is 0.214. The van der Waals surface area contributed by atoms with Crippen LogP contribution in [0.25, 0.3) is 0 Å². The first kappa shape index (κ1) is 27.0. The summed E-state index contributed by atoms with van der Waals surface area (Å²) in [5.74, 6) is 1.12. The van der Waals surface area contributed by atoms with Gasteiger partial charge in [0.25, 0.3) is 0 Å². The van der Waals surface area contributed by atoms with Crippen molar-refractivity contribution in [3.63, 3.8) is 0 Å². The lowest BCUT2D eigenvalue weighted by Crippen LogP contribution is -2.62. The van der Waals surface area contributed by atoms with E-state index in [1.54, 1.807) is 62.6 Å². The molecule has 5 rings (SSSR count). The molecular formula is C23H33N5O10. The fraction of sp³-hybridized carbons (Fsp3) is 0.609. The molecule has 0 saturated carbocycles. The number of rotatable bonds is 6. The van der Waals surface area contributed by atoms with E-state index in [9.17, 15) is 40.9 Å². The molecule has 10 atom stereocenters. The van der Waals surface area contributed by atoms with E-state index in [-0.39, 0.29) is 13.3 Å². The fourth-order valence-corrected chi connectivity index (χ4v) is 4.95. The summed E-state index contributed by atoms with van der Waals surface area (Å²) in [6.45, 7) is -0.608. The summed E-state index contributed by atoms with van der Waals surface area (Å²) >= 11 is 0. The van der Waals surface area contributed by atoms with Crippen molar-refractivity contribution in [3.05, 3.63) is 43.0 Å². The van der Waals surface area contributed by atoms with Crippen LogP contribution in [0.5, 0.6) is 0 Å². The van der Waals surface area contributed by atoms with Gasteiger partial charge in [0.1, 0.15) is 60.5 Å². The maximum Gasteiger partial charge on any atom is 0.160 e. The maximum atomic E-state index is 10.4. The molecule has 4 aliphatic heterocycles. The largest absolute Gasteiger partial charge is 0.394 e. The quantitative estimate of drug-likeness (QED) is 0.172. The van der Waals surface area contributed by atoms with Crippen LogP contribution in [0.3, 0.4) is 0 Å². The first-order valence-corrected chi connectivity index (χ1v) is 12.2. The molecule has 2 fully saturated rings. The molecule has 0 bridgehead atoms. The predicted octanol–water partition coefficient (Wildman–Crippen LogP) is -4.22. The van der Waals surface area contributed by atoms with Crippen molar-refractivity contribution < 1.29 is 50.3 Å². The summed E-state index contributed by atoms with van der Waals surface area (Å²) in [7, 11) is 0. The Balaban J connectivity index is 1.24. The van der Waals surface area contributed by atoms with Gasteiger partial charge >= 0.3 is 0 Å². The Hall–Kier alpha value is -2.57. The molecule has 0 aromatic carbocycles. The van der Waals surface area contributed by atoms with Gasteiger partial charge in [0.2, 0.25) is 0 Å². The molecule has 0 spiro atoms. The van der Waals surface area contributed by atoms with Crippen LogP contribution < -0.4 is 9.80 Å². The maximum absolute atomic E-state index is 10.4.